The average molecular weight is 515 g/mol. The number of hydrogen-bond acceptors (Lipinski definition) is 6. The maximum Gasteiger partial charge on any atom is 0.412 e. The number of ether oxygens (including phenoxy) is 2. The third kappa shape index (κ3) is 7.60. The van der Waals surface area contributed by atoms with E-state index in [-0.39, 0.29) is 25.1 Å². The molecule has 0 aliphatic heterocycles. The third-order valence-corrected chi connectivity index (χ3v) is 5.84. The summed E-state index contributed by atoms with van der Waals surface area (Å²) >= 11 is 0. The molecule has 0 bridgehead atoms. The molecule has 0 aliphatic rings. The van der Waals surface area contributed by atoms with E-state index in [0.29, 0.717) is 18.7 Å². The van der Waals surface area contributed by atoms with Crippen molar-refractivity contribution in [2.45, 2.75) is 38.5 Å². The zero-order valence-electron chi connectivity index (χ0n) is 20.4. The summed E-state index contributed by atoms with van der Waals surface area (Å²) in [6, 6.07) is 11.6. The van der Waals surface area contributed by atoms with E-state index < -0.39 is 35.9 Å². The van der Waals surface area contributed by atoms with Gasteiger partial charge in [-0.3, -0.25) is 10.1 Å². The minimum Gasteiger partial charge on any atom is -0.465 e. The number of likely N-dealkylation sites (N-methyl/N-ethyl adjacent to an activating group) is 1. The smallest absolute Gasteiger partial charge is 0.412 e. The van der Waals surface area contributed by atoms with Gasteiger partial charge in [0.15, 0.2) is 11.6 Å². The largest absolute Gasteiger partial charge is 0.465 e. The van der Waals surface area contributed by atoms with Gasteiger partial charge >= 0.3 is 12.1 Å². The van der Waals surface area contributed by atoms with Crippen LogP contribution in [0.1, 0.15) is 25.3 Å². The number of aromatic nitrogens is 1. The number of carbonyl (C=O) groups is 3. The number of fused-ring (bicyclic) bond motifs is 1. The zero-order valence-corrected chi connectivity index (χ0v) is 20.4. The number of benzene rings is 2. The lowest BCUT2D eigenvalue weighted by atomic mass is 10.1. The van der Waals surface area contributed by atoms with Gasteiger partial charge in [-0.2, -0.15) is 0 Å². The Morgan fingerprint density at radius 1 is 1.14 bits per heavy atom. The molecule has 37 heavy (non-hydrogen) atoms. The van der Waals surface area contributed by atoms with E-state index in [4.69, 9.17) is 9.47 Å². The lowest BCUT2D eigenvalue weighted by Crippen LogP contribution is -2.47. The first-order chi connectivity index (χ1) is 17.8. The predicted octanol–water partition coefficient (Wildman–Crippen LogP) is 4.61. The van der Waals surface area contributed by atoms with E-state index in [0.717, 1.165) is 16.8 Å². The van der Waals surface area contributed by atoms with Crippen molar-refractivity contribution in [3.63, 3.8) is 0 Å². The Labute approximate surface area is 212 Å². The Kier molecular flexibility index (Phi) is 9.70. The molecule has 11 heteroatoms. The number of urea groups is 1. The number of carbonyl (C=O) groups excluding carboxylic acids is 3. The molecule has 3 aromatic rings. The normalized spacial score (nSPS) is 12.3. The zero-order chi connectivity index (χ0) is 26.8. The molecule has 1 unspecified atom stereocenters. The molecule has 9 nitrogen and oxygen atoms in total. The topological polar surface area (TPSA) is 110 Å². The van der Waals surface area contributed by atoms with Crippen LogP contribution in [0.3, 0.4) is 0 Å². The molecule has 0 saturated heterocycles. The van der Waals surface area contributed by atoms with E-state index in [9.17, 15) is 23.2 Å². The highest BCUT2D eigenvalue weighted by molar-refractivity contribution is 5.89. The molecule has 1 aromatic heterocycles. The van der Waals surface area contributed by atoms with Crippen molar-refractivity contribution < 1.29 is 32.6 Å². The summed E-state index contributed by atoms with van der Waals surface area (Å²) in [6.45, 7) is 1.64. The number of nitrogens with zero attached hydrogens (tertiary/aromatic N) is 2. The number of halogens is 2. The van der Waals surface area contributed by atoms with Gasteiger partial charge in [-0.25, -0.2) is 23.4 Å². The van der Waals surface area contributed by atoms with Gasteiger partial charge in [0.2, 0.25) is 0 Å². The lowest BCUT2D eigenvalue weighted by molar-refractivity contribution is -0.134. The molecule has 3 amide bonds. The first-order valence-corrected chi connectivity index (χ1v) is 11.6. The minimum atomic E-state index is -1.05. The highest BCUT2D eigenvalue weighted by Crippen LogP contribution is 2.17. The highest BCUT2D eigenvalue weighted by Gasteiger charge is 2.26. The van der Waals surface area contributed by atoms with Crippen LogP contribution >= 0.6 is 0 Å². The second-order valence-electron chi connectivity index (χ2n) is 8.27. The molecule has 0 fully saturated rings. The Morgan fingerprint density at radius 3 is 2.62 bits per heavy atom. The fourth-order valence-electron chi connectivity index (χ4n) is 3.65. The SMILES string of the molecule is CCC(C[C@@H](COC(=O)Nc1cc2ccccc2cn1)N(C)C(=O)NCc1cccc(F)c1F)OC=O. The van der Waals surface area contributed by atoms with Gasteiger partial charge in [-0.1, -0.05) is 43.3 Å². The summed E-state index contributed by atoms with van der Waals surface area (Å²) in [5, 5.41) is 6.86. The summed E-state index contributed by atoms with van der Waals surface area (Å²) in [5.74, 6) is -1.77. The molecular formula is C26H28F2N4O5. The maximum absolute atomic E-state index is 13.9. The van der Waals surface area contributed by atoms with Crippen LogP contribution in [0.2, 0.25) is 0 Å². The molecular weight excluding hydrogens is 486 g/mol. The third-order valence-electron chi connectivity index (χ3n) is 5.84. The maximum atomic E-state index is 13.9. The van der Waals surface area contributed by atoms with Gasteiger partial charge in [0.1, 0.15) is 18.5 Å². The van der Waals surface area contributed by atoms with Gasteiger partial charge in [0, 0.05) is 37.2 Å². The van der Waals surface area contributed by atoms with Crippen molar-refractivity contribution in [1.29, 1.82) is 0 Å². The quantitative estimate of drug-likeness (QED) is 0.362. The van der Waals surface area contributed by atoms with Crippen molar-refractivity contribution in [1.82, 2.24) is 15.2 Å². The molecule has 3 rings (SSSR count). The number of anilines is 1. The molecule has 196 valence electrons. The van der Waals surface area contributed by atoms with Gasteiger partial charge < -0.3 is 19.7 Å². The summed E-state index contributed by atoms with van der Waals surface area (Å²) in [4.78, 5) is 41.5. The van der Waals surface area contributed by atoms with Crippen LogP contribution in [-0.2, 0) is 20.8 Å². The van der Waals surface area contributed by atoms with Crippen LogP contribution < -0.4 is 10.6 Å². The number of nitrogens with one attached hydrogen (secondary N) is 2. The lowest BCUT2D eigenvalue weighted by Gasteiger charge is -2.30. The monoisotopic (exact) mass is 514 g/mol. The number of hydrogen-bond donors (Lipinski definition) is 2. The van der Waals surface area contributed by atoms with E-state index >= 15 is 0 Å². The molecule has 1 heterocycles. The fourth-order valence-corrected chi connectivity index (χ4v) is 3.65. The van der Waals surface area contributed by atoms with Crippen LogP contribution in [0, 0.1) is 11.6 Å². The van der Waals surface area contributed by atoms with E-state index in [1.54, 1.807) is 19.2 Å². The average Bonchev–Trinajstić information content (AvgIpc) is 2.90. The first-order valence-electron chi connectivity index (χ1n) is 11.6. The van der Waals surface area contributed by atoms with E-state index in [1.807, 2.05) is 24.3 Å². The standard InChI is InChI=1S/C26H28F2N4O5/c1-3-21(37-16-33)12-20(32(2)25(34)30-14-19-9-6-10-22(27)24(19)28)15-36-26(35)31-23-11-17-7-4-5-8-18(17)13-29-23/h4-11,13,16,20-21H,3,12,14-15H2,1-2H3,(H,30,34)(H,29,31,35)/t20-,21?/m0/s1. The van der Waals surface area contributed by atoms with Crippen molar-refractivity contribution in [3.8, 4) is 0 Å². The molecule has 0 radical (unpaired) electrons. The highest BCUT2D eigenvalue weighted by atomic mass is 19.2. The molecule has 0 spiro atoms. The Balaban J connectivity index is 1.64. The second kappa shape index (κ2) is 13.1. The summed E-state index contributed by atoms with van der Waals surface area (Å²) in [5.41, 5.74) is -0.0208. The van der Waals surface area contributed by atoms with Crippen LogP contribution in [-0.4, -0.2) is 54.3 Å². The van der Waals surface area contributed by atoms with Crippen molar-refractivity contribution in [3.05, 3.63) is 71.9 Å². The van der Waals surface area contributed by atoms with Gasteiger partial charge in [-0.05, 0) is 23.9 Å². The summed E-state index contributed by atoms with van der Waals surface area (Å²) in [7, 11) is 1.46. The number of rotatable bonds is 11. The summed E-state index contributed by atoms with van der Waals surface area (Å²) in [6.07, 6.45) is 0.942. The van der Waals surface area contributed by atoms with Crippen LogP contribution in [0.5, 0.6) is 0 Å². The van der Waals surface area contributed by atoms with Crippen molar-refractivity contribution in [2.75, 3.05) is 19.0 Å². The fraction of sp³-hybridized carbons (Fsp3) is 0.308. The van der Waals surface area contributed by atoms with Gasteiger partial charge in [0.25, 0.3) is 6.47 Å². The molecule has 2 aromatic carbocycles. The Morgan fingerprint density at radius 2 is 1.89 bits per heavy atom. The Bertz CT molecular complexity index is 1240. The number of pyridine rings is 1. The van der Waals surface area contributed by atoms with Crippen molar-refractivity contribution >= 4 is 35.2 Å². The van der Waals surface area contributed by atoms with E-state index in [1.165, 1.54) is 24.1 Å². The molecule has 2 N–H and O–H groups in total. The van der Waals surface area contributed by atoms with Gasteiger partial charge in [-0.15, -0.1) is 0 Å². The second-order valence-corrected chi connectivity index (χ2v) is 8.27. The number of amides is 3. The minimum absolute atomic E-state index is 0.0208. The predicted molar refractivity (Wildman–Crippen MR) is 133 cm³/mol. The Hall–Kier alpha value is -4.28. The van der Waals surface area contributed by atoms with Crippen LogP contribution in [0.15, 0.2) is 54.7 Å². The summed E-state index contributed by atoms with van der Waals surface area (Å²) < 4.78 is 37.8. The molecule has 2 atom stereocenters. The molecule has 0 saturated carbocycles. The first kappa shape index (κ1) is 27.3. The van der Waals surface area contributed by atoms with Crippen LogP contribution in [0.4, 0.5) is 24.2 Å². The molecule has 0 aliphatic carbocycles. The van der Waals surface area contributed by atoms with E-state index in [2.05, 4.69) is 15.6 Å². The van der Waals surface area contributed by atoms with Crippen LogP contribution in [0.25, 0.3) is 10.8 Å². The van der Waals surface area contributed by atoms with Crippen molar-refractivity contribution in [2.24, 2.45) is 0 Å². The van der Waals surface area contributed by atoms with Gasteiger partial charge in [0.05, 0.1) is 6.04 Å².